The van der Waals surface area contributed by atoms with Crippen molar-refractivity contribution in [3.05, 3.63) is 64.7 Å². The van der Waals surface area contributed by atoms with Crippen molar-refractivity contribution in [2.75, 3.05) is 6.54 Å². The summed E-state index contributed by atoms with van der Waals surface area (Å²) in [5.41, 5.74) is 3.95. The Bertz CT molecular complexity index is 821. The molecule has 0 heterocycles. The number of sulfone groups is 1. The minimum atomic E-state index is -3.33. The highest BCUT2D eigenvalue weighted by atomic mass is 32.2. The fraction of sp³-hybridized carbons (Fsp3) is 0.429. The van der Waals surface area contributed by atoms with Crippen LogP contribution in [0.2, 0.25) is 0 Å². The molecule has 0 aromatic heterocycles. The van der Waals surface area contributed by atoms with Crippen molar-refractivity contribution in [2.24, 2.45) is 0 Å². The molecule has 25 heavy (non-hydrogen) atoms. The third kappa shape index (κ3) is 4.93. The Kier molecular flexibility index (Phi) is 6.07. The van der Waals surface area contributed by atoms with E-state index in [0.717, 1.165) is 35.2 Å². The highest BCUT2D eigenvalue weighted by Gasteiger charge is 2.20. The highest BCUT2D eigenvalue weighted by molar-refractivity contribution is 7.90. The van der Waals surface area contributed by atoms with E-state index in [0.29, 0.717) is 4.90 Å². The molecule has 0 saturated heterocycles. The number of benzene rings is 2. The summed E-state index contributed by atoms with van der Waals surface area (Å²) < 4.78 is 25.4. The van der Waals surface area contributed by atoms with Crippen LogP contribution in [0.25, 0.3) is 0 Å². The van der Waals surface area contributed by atoms with E-state index < -0.39 is 9.84 Å². The summed E-state index contributed by atoms with van der Waals surface area (Å²) in [6.07, 6.45) is 1.08. The molecule has 0 fully saturated rings. The SMILES string of the molecule is CCCNC(C)(C)c1ccc(CS(=O)(=O)c2ccc(C)c(C)c2)cc1. The van der Waals surface area contributed by atoms with Crippen LogP contribution in [0.1, 0.15) is 49.4 Å². The van der Waals surface area contributed by atoms with Crippen molar-refractivity contribution < 1.29 is 8.42 Å². The van der Waals surface area contributed by atoms with Crippen LogP contribution in [0.3, 0.4) is 0 Å². The predicted octanol–water partition coefficient (Wildman–Crippen LogP) is 4.51. The van der Waals surface area contributed by atoms with Gasteiger partial charge in [0, 0.05) is 5.54 Å². The lowest BCUT2D eigenvalue weighted by molar-refractivity contribution is 0.404. The van der Waals surface area contributed by atoms with E-state index >= 15 is 0 Å². The minimum absolute atomic E-state index is 0.0264. The Morgan fingerprint density at radius 1 is 0.960 bits per heavy atom. The first-order valence-corrected chi connectivity index (χ1v) is 10.5. The van der Waals surface area contributed by atoms with Crippen molar-refractivity contribution in [1.82, 2.24) is 5.32 Å². The fourth-order valence-corrected chi connectivity index (χ4v) is 4.20. The topological polar surface area (TPSA) is 46.2 Å². The molecule has 0 bridgehead atoms. The number of hydrogen-bond donors (Lipinski definition) is 1. The van der Waals surface area contributed by atoms with E-state index in [1.807, 2.05) is 44.2 Å². The van der Waals surface area contributed by atoms with Gasteiger partial charge in [0.25, 0.3) is 0 Å². The fourth-order valence-electron chi connectivity index (χ4n) is 2.77. The van der Waals surface area contributed by atoms with Gasteiger partial charge >= 0.3 is 0 Å². The van der Waals surface area contributed by atoms with Crippen molar-refractivity contribution in [2.45, 2.75) is 57.2 Å². The molecule has 0 aliphatic rings. The van der Waals surface area contributed by atoms with Gasteiger partial charge in [-0.15, -0.1) is 0 Å². The van der Waals surface area contributed by atoms with Crippen LogP contribution in [0.15, 0.2) is 47.4 Å². The van der Waals surface area contributed by atoms with Crippen molar-refractivity contribution >= 4 is 9.84 Å². The van der Waals surface area contributed by atoms with Crippen LogP contribution in [0.5, 0.6) is 0 Å². The zero-order valence-electron chi connectivity index (χ0n) is 15.9. The molecule has 2 rings (SSSR count). The summed E-state index contributed by atoms with van der Waals surface area (Å²) in [7, 11) is -3.33. The first kappa shape index (κ1) is 19.7. The summed E-state index contributed by atoms with van der Waals surface area (Å²) in [6.45, 7) is 11.3. The molecule has 0 spiro atoms. The van der Waals surface area contributed by atoms with Crippen LogP contribution < -0.4 is 5.32 Å². The summed E-state index contributed by atoms with van der Waals surface area (Å²) in [5.74, 6) is 0.0264. The van der Waals surface area contributed by atoms with Gasteiger partial charge in [0.15, 0.2) is 9.84 Å². The van der Waals surface area contributed by atoms with Crippen LogP contribution in [-0.4, -0.2) is 15.0 Å². The van der Waals surface area contributed by atoms with Gasteiger partial charge in [-0.25, -0.2) is 8.42 Å². The van der Waals surface area contributed by atoms with Gasteiger partial charge in [-0.1, -0.05) is 37.3 Å². The van der Waals surface area contributed by atoms with E-state index in [4.69, 9.17) is 0 Å². The molecule has 0 aliphatic heterocycles. The van der Waals surface area contributed by atoms with Crippen molar-refractivity contribution in [3.8, 4) is 0 Å². The monoisotopic (exact) mass is 359 g/mol. The molecule has 136 valence electrons. The zero-order valence-corrected chi connectivity index (χ0v) is 16.7. The second kappa shape index (κ2) is 7.71. The molecular formula is C21H29NO2S. The third-order valence-corrected chi connectivity index (χ3v) is 6.37. The lowest BCUT2D eigenvalue weighted by Gasteiger charge is -2.27. The second-order valence-corrected chi connectivity index (χ2v) is 9.24. The first-order chi connectivity index (χ1) is 11.7. The lowest BCUT2D eigenvalue weighted by atomic mass is 9.93. The summed E-state index contributed by atoms with van der Waals surface area (Å²) in [6, 6.07) is 13.2. The van der Waals surface area contributed by atoms with E-state index in [2.05, 4.69) is 26.1 Å². The number of aryl methyl sites for hydroxylation is 2. The van der Waals surface area contributed by atoms with Gasteiger partial charge in [-0.2, -0.15) is 0 Å². The summed E-state index contributed by atoms with van der Waals surface area (Å²) in [5, 5.41) is 3.51. The van der Waals surface area contributed by atoms with Crippen LogP contribution in [-0.2, 0) is 21.1 Å². The average Bonchev–Trinajstić information content (AvgIpc) is 2.55. The number of nitrogens with one attached hydrogen (secondary N) is 1. The largest absolute Gasteiger partial charge is 0.308 e. The number of rotatable bonds is 7. The standard InChI is InChI=1S/C21H29NO2S/c1-6-13-22-21(4,5)19-10-8-18(9-11-19)15-25(23,24)20-12-7-16(2)17(3)14-20/h7-12,14,22H,6,13,15H2,1-5H3. The molecule has 0 aliphatic carbocycles. The number of hydrogen-bond acceptors (Lipinski definition) is 3. The Balaban J connectivity index is 2.18. The molecule has 2 aromatic carbocycles. The maximum atomic E-state index is 12.7. The van der Waals surface area contributed by atoms with Crippen LogP contribution >= 0.6 is 0 Å². The highest BCUT2D eigenvalue weighted by Crippen LogP contribution is 2.23. The molecule has 0 radical (unpaired) electrons. The zero-order chi connectivity index (χ0) is 18.7. The Morgan fingerprint density at radius 2 is 1.60 bits per heavy atom. The molecular weight excluding hydrogens is 330 g/mol. The van der Waals surface area contributed by atoms with Crippen molar-refractivity contribution in [1.29, 1.82) is 0 Å². The van der Waals surface area contributed by atoms with Gasteiger partial charge in [-0.05, 0) is 75.0 Å². The predicted molar refractivity (Wildman–Crippen MR) is 105 cm³/mol. The molecule has 0 unspecified atom stereocenters. The lowest BCUT2D eigenvalue weighted by Crippen LogP contribution is -2.36. The quantitative estimate of drug-likeness (QED) is 0.791. The minimum Gasteiger partial charge on any atom is -0.308 e. The van der Waals surface area contributed by atoms with Gasteiger partial charge in [0.1, 0.15) is 0 Å². The Morgan fingerprint density at radius 3 is 2.16 bits per heavy atom. The van der Waals surface area contributed by atoms with E-state index in [-0.39, 0.29) is 11.3 Å². The van der Waals surface area contributed by atoms with Gasteiger partial charge in [0.2, 0.25) is 0 Å². The molecule has 0 atom stereocenters. The molecule has 4 heteroatoms. The molecule has 0 amide bonds. The molecule has 2 aromatic rings. The molecule has 3 nitrogen and oxygen atoms in total. The smallest absolute Gasteiger partial charge is 0.182 e. The van der Waals surface area contributed by atoms with Gasteiger partial charge in [0.05, 0.1) is 10.6 Å². The van der Waals surface area contributed by atoms with Gasteiger partial charge < -0.3 is 5.32 Å². The third-order valence-electron chi connectivity index (χ3n) is 4.69. The Labute approximate surface area is 152 Å². The van der Waals surface area contributed by atoms with E-state index in [1.54, 1.807) is 12.1 Å². The van der Waals surface area contributed by atoms with E-state index in [9.17, 15) is 8.42 Å². The van der Waals surface area contributed by atoms with Crippen LogP contribution in [0.4, 0.5) is 0 Å². The average molecular weight is 360 g/mol. The normalized spacial score (nSPS) is 12.4. The first-order valence-electron chi connectivity index (χ1n) is 8.80. The van der Waals surface area contributed by atoms with Crippen molar-refractivity contribution in [3.63, 3.8) is 0 Å². The second-order valence-electron chi connectivity index (χ2n) is 7.25. The van der Waals surface area contributed by atoms with E-state index in [1.165, 1.54) is 0 Å². The molecule has 0 saturated carbocycles. The maximum absolute atomic E-state index is 12.7. The summed E-state index contributed by atoms with van der Waals surface area (Å²) in [4.78, 5) is 0.393. The van der Waals surface area contributed by atoms with Crippen LogP contribution in [0, 0.1) is 13.8 Å². The maximum Gasteiger partial charge on any atom is 0.182 e. The summed E-state index contributed by atoms with van der Waals surface area (Å²) >= 11 is 0. The Hall–Kier alpha value is -1.65. The van der Waals surface area contributed by atoms with Gasteiger partial charge in [-0.3, -0.25) is 0 Å². The molecule has 1 N–H and O–H groups in total.